The SMILES string of the molecule is CCC(CNC(=O)C1CC(=O)N(c2ccc(S(=O)(=O)N(CC)CC)cc2)C1)N1CCCC1. The Hall–Kier alpha value is -1.97. The van der Waals surface area contributed by atoms with Gasteiger partial charge in [0, 0.05) is 44.3 Å². The number of sulfonamides is 1. The van der Waals surface area contributed by atoms with Crippen molar-refractivity contribution in [3.8, 4) is 0 Å². The molecule has 2 saturated heterocycles. The van der Waals surface area contributed by atoms with Crippen LogP contribution >= 0.6 is 0 Å². The summed E-state index contributed by atoms with van der Waals surface area (Å²) in [5, 5.41) is 3.06. The van der Waals surface area contributed by atoms with Crippen LogP contribution in [0.2, 0.25) is 0 Å². The molecule has 2 unspecified atom stereocenters. The lowest BCUT2D eigenvalue weighted by Gasteiger charge is -2.27. The molecule has 1 aromatic rings. The van der Waals surface area contributed by atoms with Crippen LogP contribution in [-0.2, 0) is 19.6 Å². The first kappa shape index (κ1) is 24.7. The minimum absolute atomic E-state index is 0.0840. The van der Waals surface area contributed by atoms with Gasteiger partial charge in [-0.05, 0) is 56.6 Å². The number of nitrogens with zero attached hydrogens (tertiary/aromatic N) is 3. The fourth-order valence-corrected chi connectivity index (χ4v) is 6.10. The zero-order chi connectivity index (χ0) is 23.3. The molecule has 0 spiro atoms. The van der Waals surface area contributed by atoms with Crippen LogP contribution in [0.5, 0.6) is 0 Å². The first-order valence-corrected chi connectivity index (χ1v) is 13.2. The van der Waals surface area contributed by atoms with E-state index in [-0.39, 0.29) is 23.1 Å². The number of anilines is 1. The third-order valence-corrected chi connectivity index (χ3v) is 8.69. The first-order chi connectivity index (χ1) is 15.3. The molecule has 2 aliphatic heterocycles. The summed E-state index contributed by atoms with van der Waals surface area (Å²) in [5.74, 6) is -0.590. The maximum atomic E-state index is 12.7. The molecule has 2 heterocycles. The van der Waals surface area contributed by atoms with Crippen LogP contribution in [0.25, 0.3) is 0 Å². The average Bonchev–Trinajstić information content (AvgIpc) is 3.45. The quantitative estimate of drug-likeness (QED) is 0.573. The van der Waals surface area contributed by atoms with Crippen LogP contribution < -0.4 is 10.2 Å². The number of hydrogen-bond donors (Lipinski definition) is 1. The molecule has 8 nitrogen and oxygen atoms in total. The molecule has 1 aromatic carbocycles. The van der Waals surface area contributed by atoms with Gasteiger partial charge in [-0.1, -0.05) is 20.8 Å². The third kappa shape index (κ3) is 5.32. The second-order valence-electron chi connectivity index (χ2n) is 8.54. The Morgan fingerprint density at radius 2 is 1.75 bits per heavy atom. The second kappa shape index (κ2) is 10.8. The standard InChI is InChI=1S/C23H36N4O4S/c1-4-19(25-13-7-8-14-25)16-24-23(29)18-15-22(28)27(17-18)20-9-11-21(12-10-20)32(30,31)26(5-2)6-3/h9-12,18-19H,4-8,13-17H2,1-3H3,(H,24,29). The van der Waals surface area contributed by atoms with E-state index in [2.05, 4.69) is 17.1 Å². The average molecular weight is 465 g/mol. The van der Waals surface area contributed by atoms with E-state index in [1.54, 1.807) is 30.9 Å². The van der Waals surface area contributed by atoms with Crippen molar-refractivity contribution in [2.45, 2.75) is 57.4 Å². The first-order valence-electron chi connectivity index (χ1n) is 11.7. The van der Waals surface area contributed by atoms with E-state index in [0.717, 1.165) is 19.5 Å². The monoisotopic (exact) mass is 464 g/mol. The van der Waals surface area contributed by atoms with Gasteiger partial charge in [0.05, 0.1) is 10.8 Å². The van der Waals surface area contributed by atoms with E-state index in [1.165, 1.54) is 29.3 Å². The topological polar surface area (TPSA) is 90.0 Å². The number of likely N-dealkylation sites (tertiary alicyclic amines) is 1. The molecule has 2 aliphatic rings. The smallest absolute Gasteiger partial charge is 0.243 e. The Labute approximate surface area is 192 Å². The number of carbonyl (C=O) groups excluding carboxylic acids is 2. The molecule has 2 amide bonds. The molecule has 0 saturated carbocycles. The highest BCUT2D eigenvalue weighted by molar-refractivity contribution is 7.89. The van der Waals surface area contributed by atoms with Crippen molar-refractivity contribution in [1.82, 2.24) is 14.5 Å². The van der Waals surface area contributed by atoms with Crippen LogP contribution in [0.1, 0.15) is 46.5 Å². The Morgan fingerprint density at radius 1 is 1.12 bits per heavy atom. The molecular formula is C23H36N4O4S. The van der Waals surface area contributed by atoms with E-state index in [4.69, 9.17) is 0 Å². The van der Waals surface area contributed by atoms with Gasteiger partial charge in [0.25, 0.3) is 0 Å². The van der Waals surface area contributed by atoms with Gasteiger partial charge >= 0.3 is 0 Å². The maximum absolute atomic E-state index is 12.7. The second-order valence-corrected chi connectivity index (χ2v) is 10.5. The number of rotatable bonds is 10. The molecule has 0 aromatic heterocycles. The molecule has 9 heteroatoms. The van der Waals surface area contributed by atoms with Gasteiger partial charge in [-0.3, -0.25) is 14.5 Å². The Balaban J connectivity index is 1.60. The fraction of sp³-hybridized carbons (Fsp3) is 0.652. The summed E-state index contributed by atoms with van der Waals surface area (Å²) in [6.07, 6.45) is 3.58. The molecule has 1 N–H and O–H groups in total. The van der Waals surface area contributed by atoms with Crippen LogP contribution in [-0.4, -0.2) is 74.7 Å². The lowest BCUT2D eigenvalue weighted by Crippen LogP contribution is -2.44. The Morgan fingerprint density at radius 3 is 2.31 bits per heavy atom. The van der Waals surface area contributed by atoms with E-state index < -0.39 is 15.9 Å². The summed E-state index contributed by atoms with van der Waals surface area (Å²) in [5.41, 5.74) is 0.618. The van der Waals surface area contributed by atoms with E-state index >= 15 is 0 Å². The van der Waals surface area contributed by atoms with Gasteiger partial charge in [-0.15, -0.1) is 0 Å². The number of amides is 2. The lowest BCUT2D eigenvalue weighted by molar-refractivity contribution is -0.126. The van der Waals surface area contributed by atoms with E-state index in [1.807, 2.05) is 0 Å². The molecule has 178 valence electrons. The number of benzene rings is 1. The molecule has 0 radical (unpaired) electrons. The summed E-state index contributed by atoms with van der Waals surface area (Å²) in [7, 11) is -3.54. The third-order valence-electron chi connectivity index (χ3n) is 6.63. The van der Waals surface area contributed by atoms with Crippen molar-refractivity contribution < 1.29 is 18.0 Å². The van der Waals surface area contributed by atoms with Crippen LogP contribution in [0, 0.1) is 5.92 Å². The molecule has 0 aliphatic carbocycles. The van der Waals surface area contributed by atoms with Crippen molar-refractivity contribution in [3.05, 3.63) is 24.3 Å². The highest BCUT2D eigenvalue weighted by Gasteiger charge is 2.35. The summed E-state index contributed by atoms with van der Waals surface area (Å²) in [6, 6.07) is 6.70. The maximum Gasteiger partial charge on any atom is 0.243 e. The van der Waals surface area contributed by atoms with E-state index in [0.29, 0.717) is 37.9 Å². The van der Waals surface area contributed by atoms with Crippen LogP contribution in [0.3, 0.4) is 0 Å². The minimum Gasteiger partial charge on any atom is -0.354 e. The van der Waals surface area contributed by atoms with Gasteiger partial charge < -0.3 is 10.2 Å². The highest BCUT2D eigenvalue weighted by Crippen LogP contribution is 2.27. The van der Waals surface area contributed by atoms with E-state index in [9.17, 15) is 18.0 Å². The van der Waals surface area contributed by atoms with Crippen LogP contribution in [0.15, 0.2) is 29.2 Å². The van der Waals surface area contributed by atoms with Crippen molar-refractivity contribution >= 4 is 27.5 Å². The van der Waals surface area contributed by atoms with Gasteiger partial charge in [0.2, 0.25) is 21.8 Å². The molecule has 0 bridgehead atoms. The molecule has 3 rings (SSSR count). The number of hydrogen-bond acceptors (Lipinski definition) is 5. The van der Waals surface area contributed by atoms with Gasteiger partial charge in [0.15, 0.2) is 0 Å². The Bertz CT molecular complexity index is 893. The Kier molecular flexibility index (Phi) is 8.30. The molecule has 2 fully saturated rings. The molecular weight excluding hydrogens is 428 g/mol. The summed E-state index contributed by atoms with van der Waals surface area (Å²) >= 11 is 0. The van der Waals surface area contributed by atoms with Gasteiger partial charge in [-0.25, -0.2) is 8.42 Å². The zero-order valence-corrected chi connectivity index (χ0v) is 20.2. The van der Waals surface area contributed by atoms with Gasteiger partial charge in [0.1, 0.15) is 0 Å². The zero-order valence-electron chi connectivity index (χ0n) is 19.4. The summed E-state index contributed by atoms with van der Waals surface area (Å²) in [4.78, 5) is 29.5. The highest BCUT2D eigenvalue weighted by atomic mass is 32.2. The van der Waals surface area contributed by atoms with Crippen molar-refractivity contribution in [1.29, 1.82) is 0 Å². The lowest BCUT2D eigenvalue weighted by atomic mass is 10.1. The molecule has 2 atom stereocenters. The number of carbonyl (C=O) groups is 2. The summed E-state index contributed by atoms with van der Waals surface area (Å²) in [6.45, 7) is 9.64. The van der Waals surface area contributed by atoms with Crippen LogP contribution in [0.4, 0.5) is 5.69 Å². The molecule has 32 heavy (non-hydrogen) atoms. The van der Waals surface area contributed by atoms with Crippen molar-refractivity contribution in [3.63, 3.8) is 0 Å². The minimum atomic E-state index is -3.54. The van der Waals surface area contributed by atoms with Gasteiger partial charge in [-0.2, -0.15) is 4.31 Å². The number of nitrogens with one attached hydrogen (secondary N) is 1. The predicted molar refractivity (Wildman–Crippen MR) is 125 cm³/mol. The largest absolute Gasteiger partial charge is 0.354 e. The summed E-state index contributed by atoms with van der Waals surface area (Å²) < 4.78 is 26.7. The van der Waals surface area contributed by atoms with Crippen molar-refractivity contribution in [2.75, 3.05) is 44.2 Å². The normalized spacial score (nSPS) is 20.8. The predicted octanol–water partition coefficient (Wildman–Crippen LogP) is 2.06. The van der Waals surface area contributed by atoms with Crippen molar-refractivity contribution in [2.24, 2.45) is 5.92 Å². The fourth-order valence-electron chi connectivity index (χ4n) is 4.64.